The number of fused-ring (bicyclic) bond motifs is 2. The van der Waals surface area contributed by atoms with Gasteiger partial charge in [-0.2, -0.15) is 8.42 Å². The number of primary amides is 1. The van der Waals surface area contributed by atoms with E-state index in [1.807, 2.05) is 36.7 Å². The number of benzene rings is 2. The van der Waals surface area contributed by atoms with Crippen molar-refractivity contribution < 1.29 is 91.2 Å². The zero-order chi connectivity index (χ0) is 71.0. The number of β-amino-alcohol motifs (C(OH)–C–C–N with tert-alkyl or cyclic N) is 1. The average Bonchev–Trinajstić information content (AvgIpc) is 1.44. The SMILES string of the molecule is C[C@@H](O)[C@@H]1NC(=O)[C@@H](NCC2CCN(c3nnc(-c4ccc(-c5cnc(N6CCC(OC7CCCCC7)CC6)nc5)cc4)s3)CC2)C[C@@H](O)CNC(=O)[C@@H]2[C@@H](O)[C@@H](C)CN2C(=O)[C@H]([C@H](O)CC(N)=O)NC(=O)[C@H]([C@H](O)Cc2ccc(O)c(OS(=O)(=O)O)c2)NC(=O)[C@@H]2C[C@@H](O)CN2C1=O. The summed E-state index contributed by atoms with van der Waals surface area (Å²) in [6.45, 7) is 4.09. The molecule has 15 N–H and O–H groups in total. The summed E-state index contributed by atoms with van der Waals surface area (Å²) in [7, 11) is -5.23. The van der Waals surface area contributed by atoms with Crippen LogP contribution in [0.15, 0.2) is 54.9 Å². The van der Waals surface area contributed by atoms with Crippen LogP contribution in [-0.2, 0) is 55.1 Å². The number of phenolic OH excluding ortho intramolecular Hbond substituents is 1. The second-order valence-corrected chi connectivity index (χ2v) is 28.6. The summed E-state index contributed by atoms with van der Waals surface area (Å²) >= 11 is 1.44. The number of anilines is 2. The molecule has 0 radical (unpaired) electrons. The summed E-state index contributed by atoms with van der Waals surface area (Å²) in [5.74, 6) is -10.0. The molecule has 4 aromatic rings. The Labute approximate surface area is 575 Å². The number of carbonyl (C=O) groups is 7. The Morgan fingerprint density at radius 1 is 0.727 bits per heavy atom. The fraction of sp³-hybridized carbons (Fsp3) is 0.609. The Morgan fingerprint density at radius 2 is 1.36 bits per heavy atom. The van der Waals surface area contributed by atoms with E-state index in [1.54, 1.807) is 0 Å². The summed E-state index contributed by atoms with van der Waals surface area (Å²) < 4.78 is 43.4. The van der Waals surface area contributed by atoms with Crippen LogP contribution in [0.5, 0.6) is 11.5 Å². The van der Waals surface area contributed by atoms with Gasteiger partial charge in [-0.05, 0) is 87.6 Å². The quantitative estimate of drug-likeness (QED) is 0.0469. The van der Waals surface area contributed by atoms with E-state index < -0.39 is 187 Å². The number of piperidine rings is 2. The topological polar surface area (TPSA) is 485 Å². The average molecular weight is 1420 g/mol. The minimum Gasteiger partial charge on any atom is -0.504 e. The van der Waals surface area contributed by atoms with Crippen LogP contribution < -0.4 is 46.3 Å². The normalized spacial score (nSPS) is 27.4. The fourth-order valence-corrected chi connectivity index (χ4v) is 15.0. The van der Waals surface area contributed by atoms with Crippen LogP contribution in [0.3, 0.4) is 0 Å². The van der Waals surface area contributed by atoms with Crippen molar-refractivity contribution in [3.8, 4) is 33.2 Å². The zero-order valence-corrected chi connectivity index (χ0v) is 56.5. The summed E-state index contributed by atoms with van der Waals surface area (Å²) in [5, 5.41) is 102. The molecule has 33 nitrogen and oxygen atoms in total. The van der Waals surface area contributed by atoms with Gasteiger partial charge >= 0.3 is 10.4 Å². The Hall–Kier alpha value is -7.84. The number of ether oxygens (including phenoxy) is 1. The van der Waals surface area contributed by atoms with Crippen molar-refractivity contribution in [3.63, 3.8) is 0 Å². The maximum atomic E-state index is 14.7. The molecule has 1 saturated carbocycles. The van der Waals surface area contributed by atoms with E-state index in [4.69, 9.17) is 20.4 Å². The van der Waals surface area contributed by atoms with Crippen molar-refractivity contribution in [1.82, 2.24) is 56.5 Å². The molecule has 1 aliphatic carbocycles. The van der Waals surface area contributed by atoms with Gasteiger partial charge in [-0.25, -0.2) is 9.97 Å². The number of hydrogen-bond acceptors (Lipinski definition) is 26. The molecule has 540 valence electrons. The highest BCUT2D eigenvalue weighted by Crippen LogP contribution is 2.35. The van der Waals surface area contributed by atoms with Crippen molar-refractivity contribution >= 4 is 74.2 Å². The van der Waals surface area contributed by atoms with Crippen LogP contribution in [0.25, 0.3) is 21.7 Å². The van der Waals surface area contributed by atoms with E-state index in [2.05, 4.69) is 50.8 Å². The van der Waals surface area contributed by atoms with Gasteiger partial charge in [0, 0.05) is 88.1 Å². The predicted octanol–water partition coefficient (Wildman–Crippen LogP) is -2.23. The number of nitrogens with zero attached hydrogens (tertiary/aromatic N) is 8. The minimum atomic E-state index is -5.23. The van der Waals surface area contributed by atoms with Crippen molar-refractivity contribution in [2.24, 2.45) is 17.6 Å². The smallest absolute Gasteiger partial charge is 0.446 e. The molecule has 5 saturated heterocycles. The van der Waals surface area contributed by atoms with Crippen molar-refractivity contribution in [1.29, 1.82) is 0 Å². The third kappa shape index (κ3) is 18.8. The molecule has 5 aliphatic heterocycles. The van der Waals surface area contributed by atoms with Crippen LogP contribution in [-0.4, -0.2) is 257 Å². The van der Waals surface area contributed by atoms with E-state index in [9.17, 15) is 82.3 Å². The molecule has 6 aliphatic rings. The van der Waals surface area contributed by atoms with Crippen LogP contribution in [0, 0.1) is 11.8 Å². The Kier molecular flexibility index (Phi) is 24.4. The van der Waals surface area contributed by atoms with Crippen LogP contribution in [0.1, 0.15) is 96.5 Å². The lowest BCUT2D eigenvalue weighted by molar-refractivity contribution is -0.147. The number of rotatable bonds is 18. The number of aromatic nitrogens is 4. The molecular weight excluding hydrogens is 1330 g/mol. The maximum absolute atomic E-state index is 14.7. The van der Waals surface area contributed by atoms with Gasteiger partial charge in [0.2, 0.25) is 52.4 Å². The minimum absolute atomic E-state index is 0.0626. The van der Waals surface area contributed by atoms with Crippen molar-refractivity contribution in [3.05, 3.63) is 60.4 Å². The van der Waals surface area contributed by atoms with E-state index in [0.29, 0.717) is 48.1 Å². The van der Waals surface area contributed by atoms with Gasteiger partial charge in [-0.3, -0.25) is 38.1 Å². The lowest BCUT2D eigenvalue weighted by atomic mass is 9.96. The molecule has 0 unspecified atom stereocenters. The molecule has 10 rings (SSSR count). The van der Waals surface area contributed by atoms with E-state index >= 15 is 0 Å². The Balaban J connectivity index is 0.825. The molecule has 0 spiro atoms. The number of phenols is 1. The molecule has 13 atom stereocenters. The third-order valence-electron chi connectivity index (χ3n) is 19.2. The van der Waals surface area contributed by atoms with Gasteiger partial charge in [0.1, 0.15) is 35.2 Å². The standard InChI is InChI=1S/C64H88N14O19S2/c1-33-31-78-54(55(33)86)59(90)67-30-40(80)24-44(66-27-35-14-18-76(19-15-35)64-74-73-60(98-64)38-11-9-37(10-12-38)39-28-68-63(69-29-39)75-20-16-43(17-21-75)96-42-6-4-3-5-7-42)56(87)70-51(34(2)79)61(91)77-32-41(81)25-45(77)57(88)71-52(58(89)72-53(62(78)92)48(84)26-50(65)85)47(83)22-36-8-13-46(82)49(23-36)97-99(93,94)95/h8-13,23,28-29,33-35,40-45,47-48,51-55,66,79-84,86H,3-7,14-22,24-27,30-32H2,1-2H3,(H2,65,85)(H,67,90)(H,70,87)(H,71,88)(H,72,89)(H,93,94,95)/t33-,34+,40+,41+,44-,45-,47+,48+,51-,52-,53-,54-,55-/m0/s1. The predicted molar refractivity (Wildman–Crippen MR) is 354 cm³/mol. The number of amides is 7. The first-order valence-electron chi connectivity index (χ1n) is 33.5. The number of aliphatic hydroxyl groups excluding tert-OH is 6. The zero-order valence-electron chi connectivity index (χ0n) is 54.8. The molecule has 99 heavy (non-hydrogen) atoms. The summed E-state index contributed by atoms with van der Waals surface area (Å²) in [4.78, 5) is 115. The first-order chi connectivity index (χ1) is 47.2. The maximum Gasteiger partial charge on any atom is 0.446 e. The third-order valence-corrected chi connectivity index (χ3v) is 20.7. The molecule has 0 bridgehead atoms. The highest BCUT2D eigenvalue weighted by molar-refractivity contribution is 7.81. The lowest BCUT2D eigenvalue weighted by Gasteiger charge is -2.34. The number of nitrogens with one attached hydrogen (secondary N) is 5. The largest absolute Gasteiger partial charge is 0.504 e. The van der Waals surface area contributed by atoms with Crippen molar-refractivity contribution in [2.75, 3.05) is 62.2 Å². The number of carbonyl (C=O) groups excluding carboxylic acids is 7. The molecule has 35 heteroatoms. The van der Waals surface area contributed by atoms with Gasteiger partial charge in [-0.1, -0.05) is 67.9 Å². The van der Waals surface area contributed by atoms with Crippen molar-refractivity contribution in [2.45, 2.75) is 182 Å². The Morgan fingerprint density at radius 3 is 2.03 bits per heavy atom. The van der Waals surface area contributed by atoms with Gasteiger partial charge < -0.3 is 96.6 Å². The fourth-order valence-electron chi connectivity index (χ4n) is 13.7. The number of aromatic hydroxyl groups is 1. The summed E-state index contributed by atoms with van der Waals surface area (Å²) in [5.41, 5.74) is 8.00. The lowest BCUT2D eigenvalue weighted by Crippen LogP contribution is -2.64. The monoisotopic (exact) mass is 1420 g/mol. The van der Waals surface area contributed by atoms with Crippen LogP contribution >= 0.6 is 11.3 Å². The Bertz CT molecular complexity index is 3610. The molecule has 2 aromatic heterocycles. The van der Waals surface area contributed by atoms with Gasteiger partial charge in [0.05, 0.1) is 61.3 Å². The van der Waals surface area contributed by atoms with E-state index in [-0.39, 0.29) is 24.1 Å². The van der Waals surface area contributed by atoms with Crippen LogP contribution in [0.4, 0.5) is 11.1 Å². The van der Waals surface area contributed by atoms with Gasteiger partial charge in [-0.15, -0.1) is 10.2 Å². The molecule has 7 amide bonds. The molecule has 6 fully saturated rings. The number of nitrogens with two attached hydrogens (primary N) is 1. The molecule has 7 heterocycles. The van der Waals surface area contributed by atoms with Gasteiger partial charge in [0.15, 0.2) is 11.5 Å². The highest BCUT2D eigenvalue weighted by Gasteiger charge is 2.50. The molecule has 2 aromatic carbocycles. The first kappa shape index (κ1) is 73.9. The second-order valence-electron chi connectivity index (χ2n) is 26.7. The number of hydrogen-bond donors (Lipinski definition) is 14. The first-order valence-corrected chi connectivity index (χ1v) is 35.6. The van der Waals surface area contributed by atoms with Gasteiger partial charge in [0.25, 0.3) is 0 Å². The highest BCUT2D eigenvalue weighted by atomic mass is 32.3. The molecular formula is C64H88N14O19S2. The summed E-state index contributed by atoms with van der Waals surface area (Å²) in [6.07, 6.45) is 0.282. The van der Waals surface area contributed by atoms with E-state index in [1.165, 1.54) is 44.4 Å². The second kappa shape index (κ2) is 32.7. The van der Waals surface area contributed by atoms with E-state index in [0.717, 1.165) is 83.5 Å². The number of aliphatic hydroxyl groups is 6. The van der Waals surface area contributed by atoms with Crippen LogP contribution in [0.2, 0.25) is 0 Å². The summed E-state index contributed by atoms with van der Waals surface area (Å²) in [6, 6.07) is -0.339.